The quantitative estimate of drug-likeness (QED) is 0.804. The van der Waals surface area contributed by atoms with Crippen LogP contribution in [0.4, 0.5) is 0 Å². The van der Waals surface area contributed by atoms with Crippen LogP contribution in [0.3, 0.4) is 0 Å². The number of fused-ring (bicyclic) bond motifs is 1. The smallest absolute Gasteiger partial charge is 0.152 e. The standard InChI is InChI=1S/C12H20N2O2S/c1-2-8-17(15,16)9-7-14-10-13-11-5-3-4-6-12(11)14/h10H,2-9H2,1H3. The zero-order valence-electron chi connectivity index (χ0n) is 10.4. The molecule has 0 unspecified atom stereocenters. The van der Waals surface area contributed by atoms with E-state index in [0.29, 0.717) is 18.7 Å². The van der Waals surface area contributed by atoms with Gasteiger partial charge in [-0.15, -0.1) is 0 Å². The van der Waals surface area contributed by atoms with Crippen LogP contribution in [0.1, 0.15) is 37.6 Å². The van der Waals surface area contributed by atoms with Crippen LogP contribution >= 0.6 is 0 Å². The van der Waals surface area contributed by atoms with Crippen LogP contribution in [0.25, 0.3) is 0 Å². The first-order chi connectivity index (χ1) is 8.12. The number of hydrogen-bond acceptors (Lipinski definition) is 3. The molecule has 0 aromatic carbocycles. The van der Waals surface area contributed by atoms with Crippen molar-refractivity contribution in [3.05, 3.63) is 17.7 Å². The van der Waals surface area contributed by atoms with Gasteiger partial charge in [-0.05, 0) is 32.1 Å². The van der Waals surface area contributed by atoms with E-state index in [-0.39, 0.29) is 5.75 Å². The fourth-order valence-electron chi connectivity index (χ4n) is 2.37. The molecule has 4 nitrogen and oxygen atoms in total. The molecule has 0 spiro atoms. The van der Waals surface area contributed by atoms with Crippen LogP contribution in [0.15, 0.2) is 6.33 Å². The Morgan fingerprint density at radius 1 is 1.29 bits per heavy atom. The van der Waals surface area contributed by atoms with Crippen LogP contribution in [0, 0.1) is 0 Å². The van der Waals surface area contributed by atoms with Gasteiger partial charge in [0.05, 0.1) is 17.8 Å². The molecule has 1 aliphatic carbocycles. The van der Waals surface area contributed by atoms with Gasteiger partial charge < -0.3 is 4.57 Å². The molecule has 0 N–H and O–H groups in total. The summed E-state index contributed by atoms with van der Waals surface area (Å²) in [5, 5.41) is 0. The maximum atomic E-state index is 11.7. The third kappa shape index (κ3) is 3.09. The molecule has 1 aliphatic rings. The van der Waals surface area contributed by atoms with Crippen LogP contribution in [-0.2, 0) is 29.2 Å². The van der Waals surface area contributed by atoms with E-state index in [2.05, 4.69) is 4.98 Å². The van der Waals surface area contributed by atoms with E-state index in [4.69, 9.17) is 0 Å². The number of aromatic nitrogens is 2. The zero-order valence-corrected chi connectivity index (χ0v) is 11.2. The Morgan fingerprint density at radius 3 is 2.82 bits per heavy atom. The van der Waals surface area contributed by atoms with Crippen molar-refractivity contribution in [2.75, 3.05) is 11.5 Å². The predicted octanol–water partition coefficient (Wildman–Crippen LogP) is 1.59. The summed E-state index contributed by atoms with van der Waals surface area (Å²) in [5.74, 6) is 0.535. The first-order valence-electron chi connectivity index (χ1n) is 6.35. The average Bonchev–Trinajstić information content (AvgIpc) is 2.70. The maximum Gasteiger partial charge on any atom is 0.152 e. The Bertz CT molecular complexity index is 477. The molecular weight excluding hydrogens is 236 g/mol. The highest BCUT2D eigenvalue weighted by molar-refractivity contribution is 7.91. The first kappa shape index (κ1) is 12.6. The van der Waals surface area contributed by atoms with Crippen LogP contribution < -0.4 is 0 Å². The third-order valence-corrected chi connectivity index (χ3v) is 5.10. The van der Waals surface area contributed by atoms with Gasteiger partial charge in [0.15, 0.2) is 9.84 Å². The molecule has 17 heavy (non-hydrogen) atoms. The average molecular weight is 256 g/mol. The van der Waals surface area contributed by atoms with E-state index in [9.17, 15) is 8.42 Å². The molecule has 0 aliphatic heterocycles. The Balaban J connectivity index is 2.02. The van der Waals surface area contributed by atoms with Crippen molar-refractivity contribution in [2.24, 2.45) is 0 Å². The number of aryl methyl sites for hydroxylation is 2. The molecule has 2 rings (SSSR count). The molecule has 0 amide bonds. The number of imidazole rings is 1. The van der Waals surface area contributed by atoms with Gasteiger partial charge in [0.1, 0.15) is 0 Å². The molecule has 0 bridgehead atoms. The van der Waals surface area contributed by atoms with Gasteiger partial charge in [0.2, 0.25) is 0 Å². The van der Waals surface area contributed by atoms with E-state index < -0.39 is 9.84 Å². The first-order valence-corrected chi connectivity index (χ1v) is 8.18. The van der Waals surface area contributed by atoms with Crippen molar-refractivity contribution in [1.29, 1.82) is 0 Å². The minimum absolute atomic E-state index is 0.240. The number of rotatable bonds is 5. The monoisotopic (exact) mass is 256 g/mol. The largest absolute Gasteiger partial charge is 0.333 e. The van der Waals surface area contributed by atoms with E-state index in [0.717, 1.165) is 12.8 Å². The summed E-state index contributed by atoms with van der Waals surface area (Å²) < 4.78 is 25.3. The lowest BCUT2D eigenvalue weighted by Gasteiger charge is -2.13. The number of nitrogens with zero attached hydrogens (tertiary/aromatic N) is 2. The van der Waals surface area contributed by atoms with Gasteiger partial charge in [0, 0.05) is 18.0 Å². The summed E-state index contributed by atoms with van der Waals surface area (Å²) in [7, 11) is -2.88. The van der Waals surface area contributed by atoms with Gasteiger partial charge in [-0.1, -0.05) is 6.92 Å². The molecular formula is C12H20N2O2S. The molecule has 1 aromatic heterocycles. The Kier molecular flexibility index (Phi) is 3.86. The Morgan fingerprint density at radius 2 is 2.06 bits per heavy atom. The second kappa shape index (κ2) is 5.21. The summed E-state index contributed by atoms with van der Waals surface area (Å²) in [4.78, 5) is 4.37. The molecule has 5 heteroatoms. The fourth-order valence-corrected chi connectivity index (χ4v) is 3.68. The van der Waals surface area contributed by atoms with Crippen LogP contribution in [-0.4, -0.2) is 29.5 Å². The van der Waals surface area contributed by atoms with Crippen molar-refractivity contribution in [3.8, 4) is 0 Å². The van der Waals surface area contributed by atoms with Crippen LogP contribution in [0.5, 0.6) is 0 Å². The van der Waals surface area contributed by atoms with Gasteiger partial charge in [-0.3, -0.25) is 0 Å². The van der Waals surface area contributed by atoms with Crippen molar-refractivity contribution >= 4 is 9.84 Å². The van der Waals surface area contributed by atoms with Gasteiger partial charge in [-0.25, -0.2) is 13.4 Å². The van der Waals surface area contributed by atoms with Gasteiger partial charge in [0.25, 0.3) is 0 Å². The molecule has 0 fully saturated rings. The lowest BCUT2D eigenvalue weighted by atomic mass is 10.0. The lowest BCUT2D eigenvalue weighted by molar-refractivity contribution is 0.580. The fraction of sp³-hybridized carbons (Fsp3) is 0.750. The second-order valence-electron chi connectivity index (χ2n) is 4.69. The lowest BCUT2D eigenvalue weighted by Crippen LogP contribution is -2.17. The highest BCUT2D eigenvalue weighted by atomic mass is 32.2. The highest BCUT2D eigenvalue weighted by Gasteiger charge is 2.16. The molecule has 0 radical (unpaired) electrons. The normalized spacial score (nSPS) is 15.8. The molecule has 96 valence electrons. The minimum atomic E-state index is -2.88. The summed E-state index contributed by atoms with van der Waals surface area (Å²) in [6.45, 7) is 2.46. The summed E-state index contributed by atoms with van der Waals surface area (Å²) in [5.41, 5.74) is 2.42. The summed E-state index contributed by atoms with van der Waals surface area (Å²) in [6, 6.07) is 0. The third-order valence-electron chi connectivity index (χ3n) is 3.27. The molecule has 0 atom stereocenters. The van der Waals surface area contributed by atoms with E-state index in [1.165, 1.54) is 24.2 Å². The Hall–Kier alpha value is -0.840. The van der Waals surface area contributed by atoms with Gasteiger partial charge >= 0.3 is 0 Å². The van der Waals surface area contributed by atoms with Gasteiger partial charge in [-0.2, -0.15) is 0 Å². The molecule has 1 heterocycles. The van der Waals surface area contributed by atoms with Crippen molar-refractivity contribution in [3.63, 3.8) is 0 Å². The minimum Gasteiger partial charge on any atom is -0.333 e. The number of sulfone groups is 1. The predicted molar refractivity (Wildman–Crippen MR) is 67.8 cm³/mol. The number of hydrogen-bond donors (Lipinski definition) is 0. The van der Waals surface area contributed by atoms with E-state index in [1.54, 1.807) is 6.33 Å². The summed E-state index contributed by atoms with van der Waals surface area (Å²) >= 11 is 0. The van der Waals surface area contributed by atoms with Crippen molar-refractivity contribution < 1.29 is 8.42 Å². The topological polar surface area (TPSA) is 52.0 Å². The van der Waals surface area contributed by atoms with Crippen LogP contribution in [0.2, 0.25) is 0 Å². The highest BCUT2D eigenvalue weighted by Crippen LogP contribution is 2.19. The summed E-state index contributed by atoms with van der Waals surface area (Å²) in [6.07, 6.45) is 6.99. The maximum absolute atomic E-state index is 11.7. The SMILES string of the molecule is CCCS(=O)(=O)CCn1cnc2c1CCCC2. The van der Waals surface area contributed by atoms with E-state index in [1.807, 2.05) is 11.5 Å². The molecule has 0 saturated heterocycles. The molecule has 1 aromatic rings. The Labute approximate surface area is 103 Å². The zero-order chi connectivity index (χ0) is 12.3. The second-order valence-corrected chi connectivity index (χ2v) is 6.99. The van der Waals surface area contributed by atoms with E-state index >= 15 is 0 Å². The van der Waals surface area contributed by atoms with Crippen molar-refractivity contribution in [1.82, 2.24) is 9.55 Å². The van der Waals surface area contributed by atoms with Crippen molar-refractivity contribution in [2.45, 2.75) is 45.6 Å². The molecule has 0 saturated carbocycles.